The van der Waals surface area contributed by atoms with Crippen LogP contribution >= 0.6 is 7.60 Å². The van der Waals surface area contributed by atoms with Crippen LogP contribution in [0.4, 0.5) is 0 Å². The highest BCUT2D eigenvalue weighted by Gasteiger charge is 2.44. The molecule has 1 unspecified atom stereocenters. The van der Waals surface area contributed by atoms with E-state index in [-0.39, 0.29) is 30.9 Å². The van der Waals surface area contributed by atoms with Gasteiger partial charge >= 0.3 is 13.6 Å². The summed E-state index contributed by atoms with van der Waals surface area (Å²) in [5, 5.41) is 4.03. The van der Waals surface area contributed by atoms with Gasteiger partial charge in [0.1, 0.15) is 5.60 Å². The lowest BCUT2D eigenvalue weighted by Gasteiger charge is -2.27. The van der Waals surface area contributed by atoms with Crippen LogP contribution in [0.25, 0.3) is 0 Å². The first-order chi connectivity index (χ1) is 15.3. The fraction of sp³-hybridized carbons (Fsp3) is 0.625. The molecule has 8 nitrogen and oxygen atoms in total. The number of hydrogen-bond acceptors (Lipinski definition) is 8. The molecule has 0 radical (unpaired) electrons. The number of benzene rings is 1. The third-order valence-corrected chi connectivity index (χ3v) is 7.13. The molecule has 184 valence electrons. The van der Waals surface area contributed by atoms with Gasteiger partial charge in [0, 0.05) is 6.42 Å². The summed E-state index contributed by atoms with van der Waals surface area (Å²) >= 11 is 0. The molecule has 0 aliphatic carbocycles. The van der Waals surface area contributed by atoms with Crippen LogP contribution < -0.4 is 0 Å². The minimum atomic E-state index is -3.82. The Balaban J connectivity index is 2.23. The van der Waals surface area contributed by atoms with E-state index in [4.69, 9.17) is 18.3 Å². The molecule has 0 saturated heterocycles. The van der Waals surface area contributed by atoms with E-state index in [2.05, 4.69) is 43.0 Å². The molecular formula is C24H37N2O6P. The van der Waals surface area contributed by atoms with E-state index in [1.807, 2.05) is 12.1 Å². The fourth-order valence-electron chi connectivity index (χ4n) is 3.19. The quantitative estimate of drug-likeness (QED) is 0.326. The van der Waals surface area contributed by atoms with E-state index >= 15 is 0 Å². The molecule has 0 spiro atoms. The van der Waals surface area contributed by atoms with Crippen LogP contribution in [0.2, 0.25) is 0 Å². The number of carbonyl (C=O) groups is 1. The van der Waals surface area contributed by atoms with Crippen LogP contribution in [0, 0.1) is 0 Å². The summed E-state index contributed by atoms with van der Waals surface area (Å²) in [4.78, 5) is 17.3. The molecule has 1 aromatic carbocycles. The lowest BCUT2D eigenvalue weighted by atomic mass is 9.86. The molecule has 1 heterocycles. The monoisotopic (exact) mass is 480 g/mol. The molecular weight excluding hydrogens is 443 g/mol. The minimum absolute atomic E-state index is 0.0730. The molecule has 0 aliphatic rings. The van der Waals surface area contributed by atoms with Gasteiger partial charge in [-0.15, -0.1) is 0 Å². The van der Waals surface area contributed by atoms with Crippen molar-refractivity contribution in [3.8, 4) is 0 Å². The van der Waals surface area contributed by atoms with Crippen molar-refractivity contribution in [3.05, 3.63) is 47.1 Å². The lowest BCUT2D eigenvalue weighted by molar-refractivity contribution is -0.154. The van der Waals surface area contributed by atoms with E-state index in [1.165, 1.54) is 5.56 Å². The standard InChI is InChI=1S/C24H37N2O6P/c1-9-29-33(28,30-10-2)19(22(27)31-24(6,7)8)16-21-25-20(26-32-21)15-17-11-13-18(14-12-17)23(3,4)5/h11-14,19H,9-10,15-16H2,1-8H3. The normalized spacial score (nSPS) is 13.7. The second-order valence-corrected chi connectivity index (χ2v) is 12.1. The van der Waals surface area contributed by atoms with Gasteiger partial charge in [-0.1, -0.05) is 50.2 Å². The smallest absolute Gasteiger partial charge is 0.345 e. The van der Waals surface area contributed by atoms with E-state index in [9.17, 15) is 9.36 Å². The zero-order chi connectivity index (χ0) is 24.9. The highest BCUT2D eigenvalue weighted by molar-refractivity contribution is 7.55. The van der Waals surface area contributed by atoms with Crippen LogP contribution in [0.1, 0.15) is 78.2 Å². The van der Waals surface area contributed by atoms with Crippen LogP contribution in [-0.4, -0.2) is 40.6 Å². The number of ether oxygens (including phenoxy) is 1. The summed E-state index contributed by atoms with van der Waals surface area (Å²) in [6.07, 6.45) is 0.363. The predicted octanol–water partition coefficient (Wildman–Crippen LogP) is 5.48. The van der Waals surface area contributed by atoms with Gasteiger partial charge in [0.25, 0.3) is 0 Å². The first-order valence-corrected chi connectivity index (χ1v) is 12.9. The van der Waals surface area contributed by atoms with Crippen molar-refractivity contribution >= 4 is 13.6 Å². The average Bonchev–Trinajstić information content (AvgIpc) is 3.12. The molecule has 1 aromatic heterocycles. The Kier molecular flexibility index (Phi) is 9.02. The second kappa shape index (κ2) is 10.9. The SMILES string of the molecule is CCOP(=O)(OCC)C(Cc1nc(Cc2ccc(C(C)(C)C)cc2)no1)C(=O)OC(C)(C)C. The zero-order valence-electron chi connectivity index (χ0n) is 21.0. The Morgan fingerprint density at radius 1 is 1.03 bits per heavy atom. The van der Waals surface area contributed by atoms with Gasteiger partial charge in [0.2, 0.25) is 5.89 Å². The Morgan fingerprint density at radius 2 is 1.61 bits per heavy atom. The first-order valence-electron chi connectivity index (χ1n) is 11.3. The topological polar surface area (TPSA) is 101 Å². The van der Waals surface area contributed by atoms with Gasteiger partial charge in [0.15, 0.2) is 11.5 Å². The molecule has 1 atom stereocenters. The summed E-state index contributed by atoms with van der Waals surface area (Å²) in [5.41, 5.74) is 0.369. The molecule has 2 rings (SSSR count). The molecule has 0 bridgehead atoms. The third kappa shape index (κ3) is 8.05. The van der Waals surface area contributed by atoms with Crippen molar-refractivity contribution < 1.29 is 27.7 Å². The van der Waals surface area contributed by atoms with Crippen molar-refractivity contribution in [2.75, 3.05) is 13.2 Å². The van der Waals surface area contributed by atoms with Crippen molar-refractivity contribution in [1.29, 1.82) is 0 Å². The number of carbonyl (C=O) groups excluding carboxylic acids is 1. The van der Waals surface area contributed by atoms with Crippen LogP contribution in [0.3, 0.4) is 0 Å². The summed E-state index contributed by atoms with van der Waals surface area (Å²) in [6.45, 7) is 15.3. The number of hydrogen-bond donors (Lipinski definition) is 0. The Hall–Kier alpha value is -2.02. The Morgan fingerprint density at radius 3 is 2.09 bits per heavy atom. The number of esters is 1. The maximum Gasteiger partial charge on any atom is 0.345 e. The molecule has 9 heteroatoms. The number of rotatable bonds is 10. The molecule has 0 saturated carbocycles. The summed E-state index contributed by atoms with van der Waals surface area (Å²) < 4.78 is 35.1. The number of nitrogens with zero attached hydrogens (tertiary/aromatic N) is 2. The van der Waals surface area contributed by atoms with Gasteiger partial charge in [-0.25, -0.2) is 0 Å². The van der Waals surface area contributed by atoms with Gasteiger partial charge in [-0.2, -0.15) is 4.98 Å². The van der Waals surface area contributed by atoms with Gasteiger partial charge in [0.05, 0.1) is 19.6 Å². The van der Waals surface area contributed by atoms with E-state index in [0.717, 1.165) is 5.56 Å². The highest BCUT2D eigenvalue weighted by atomic mass is 31.2. The lowest BCUT2D eigenvalue weighted by Crippen LogP contribution is -2.34. The Bertz CT molecular complexity index is 947. The van der Waals surface area contributed by atoms with Gasteiger partial charge in [-0.3, -0.25) is 9.36 Å². The maximum absolute atomic E-state index is 13.4. The van der Waals surface area contributed by atoms with Gasteiger partial charge < -0.3 is 18.3 Å². The zero-order valence-corrected chi connectivity index (χ0v) is 21.9. The maximum atomic E-state index is 13.4. The fourth-order valence-corrected chi connectivity index (χ4v) is 5.03. The van der Waals surface area contributed by atoms with Crippen LogP contribution in [-0.2, 0) is 41.4 Å². The molecule has 0 N–H and O–H groups in total. The average molecular weight is 481 g/mol. The minimum Gasteiger partial charge on any atom is -0.459 e. The highest BCUT2D eigenvalue weighted by Crippen LogP contribution is 2.54. The summed E-state index contributed by atoms with van der Waals surface area (Å²) in [6, 6.07) is 8.27. The molecule has 0 aliphatic heterocycles. The first kappa shape index (κ1) is 27.2. The Labute approximate surface area is 196 Å². The predicted molar refractivity (Wildman–Crippen MR) is 126 cm³/mol. The van der Waals surface area contributed by atoms with Crippen LogP contribution in [0.15, 0.2) is 28.8 Å². The summed E-state index contributed by atoms with van der Waals surface area (Å²) in [5.74, 6) is -0.0452. The molecule has 33 heavy (non-hydrogen) atoms. The number of aromatic nitrogens is 2. The second-order valence-electron chi connectivity index (χ2n) is 9.86. The van der Waals surface area contributed by atoms with Crippen molar-refractivity contribution in [1.82, 2.24) is 10.1 Å². The third-order valence-electron chi connectivity index (χ3n) is 4.74. The molecule has 0 fully saturated rings. The van der Waals surface area contributed by atoms with Gasteiger partial charge in [-0.05, 0) is 51.2 Å². The van der Waals surface area contributed by atoms with E-state index < -0.39 is 24.8 Å². The van der Waals surface area contributed by atoms with Crippen molar-refractivity contribution in [2.24, 2.45) is 0 Å². The summed E-state index contributed by atoms with van der Waals surface area (Å²) in [7, 11) is -3.82. The molecule has 0 amide bonds. The molecule has 2 aromatic rings. The van der Waals surface area contributed by atoms with Crippen LogP contribution in [0.5, 0.6) is 0 Å². The van der Waals surface area contributed by atoms with Crippen molar-refractivity contribution in [3.63, 3.8) is 0 Å². The van der Waals surface area contributed by atoms with E-state index in [1.54, 1.807) is 34.6 Å². The largest absolute Gasteiger partial charge is 0.459 e. The van der Waals surface area contributed by atoms with Crippen molar-refractivity contribution in [2.45, 2.75) is 84.9 Å². The van der Waals surface area contributed by atoms with E-state index in [0.29, 0.717) is 12.2 Å².